The van der Waals surface area contributed by atoms with Crippen molar-refractivity contribution >= 4 is 34.6 Å². The summed E-state index contributed by atoms with van der Waals surface area (Å²) < 4.78 is 10.5. The van der Waals surface area contributed by atoms with Gasteiger partial charge in [-0.1, -0.05) is 17.7 Å². The highest BCUT2D eigenvalue weighted by Crippen LogP contribution is 2.17. The van der Waals surface area contributed by atoms with Crippen molar-refractivity contribution in [2.45, 2.75) is 20.0 Å². The van der Waals surface area contributed by atoms with Gasteiger partial charge in [0.2, 0.25) is 0 Å². The summed E-state index contributed by atoms with van der Waals surface area (Å²) in [5, 5.41) is 0.656. The number of hydrogen-bond donors (Lipinski definition) is 1. The normalized spacial score (nSPS) is 14.6. The maximum atomic E-state index is 12.5. The number of piperazine rings is 1. The van der Waals surface area contributed by atoms with Gasteiger partial charge in [-0.3, -0.25) is 14.7 Å². The number of fused-ring (bicyclic) bond motifs is 1. The van der Waals surface area contributed by atoms with Crippen LogP contribution in [0.15, 0.2) is 45.6 Å². The van der Waals surface area contributed by atoms with Crippen LogP contribution in [0.1, 0.15) is 27.9 Å². The minimum Gasteiger partial charge on any atom is -0.445 e. The van der Waals surface area contributed by atoms with Gasteiger partial charge in [0, 0.05) is 49.7 Å². The Kier molecular flexibility index (Phi) is 6.62. The number of carbonyl (C=O) groups excluding carboxylic acids is 2. The number of halogens is 1. The molecule has 0 aliphatic carbocycles. The fraction of sp³-hybridized carbons (Fsp3) is 0.348. The van der Waals surface area contributed by atoms with Crippen LogP contribution in [0.4, 0.5) is 4.79 Å². The van der Waals surface area contributed by atoms with Crippen molar-refractivity contribution < 1.29 is 18.7 Å². The largest absolute Gasteiger partial charge is 0.445 e. The Morgan fingerprint density at radius 1 is 1.12 bits per heavy atom. The van der Waals surface area contributed by atoms with Crippen molar-refractivity contribution in [1.82, 2.24) is 14.8 Å². The van der Waals surface area contributed by atoms with Crippen molar-refractivity contribution in [2.24, 2.45) is 0 Å². The van der Waals surface area contributed by atoms with Gasteiger partial charge < -0.3 is 14.1 Å². The Morgan fingerprint density at radius 3 is 2.66 bits per heavy atom. The second-order valence-electron chi connectivity index (χ2n) is 7.85. The number of hydrogen-bond acceptors (Lipinski definition) is 6. The number of carbonyl (C=O) groups is 2. The molecule has 1 amide bonds. The number of Topliss-reactive ketones (excluding diaryl/α,β-unsaturated/α-hetero) is 1. The van der Waals surface area contributed by atoms with E-state index in [-0.39, 0.29) is 18.5 Å². The summed E-state index contributed by atoms with van der Waals surface area (Å²) in [6, 6.07) is 10.4. The van der Waals surface area contributed by atoms with E-state index in [1.807, 2.05) is 19.1 Å². The van der Waals surface area contributed by atoms with E-state index >= 15 is 0 Å². The molecule has 1 saturated heterocycles. The van der Waals surface area contributed by atoms with Gasteiger partial charge in [0.1, 0.15) is 6.61 Å². The second kappa shape index (κ2) is 9.58. The molecule has 168 valence electrons. The van der Waals surface area contributed by atoms with Crippen LogP contribution in [-0.2, 0) is 11.3 Å². The number of aromatic nitrogens is 1. The lowest BCUT2D eigenvalue weighted by Gasteiger charge is -2.34. The third kappa shape index (κ3) is 5.20. The fourth-order valence-electron chi connectivity index (χ4n) is 3.73. The molecular formula is C23H24ClN3O5. The van der Waals surface area contributed by atoms with Gasteiger partial charge in [0.25, 0.3) is 0 Å². The molecule has 8 nitrogen and oxygen atoms in total. The van der Waals surface area contributed by atoms with Gasteiger partial charge in [-0.05, 0) is 48.4 Å². The molecule has 1 N–H and O–H groups in total. The van der Waals surface area contributed by atoms with Gasteiger partial charge in [-0.25, -0.2) is 9.59 Å². The standard InChI is InChI=1S/C23H24ClN3O5/c1-15-12-18(24)4-2-17(15)14-31-23(30)27-10-8-26(9-11-27)7-6-20(28)16-3-5-19-21(13-16)32-22(29)25-19/h2-5,12-13H,6-11,14H2,1H3,(H,25,29). The SMILES string of the molecule is Cc1cc(Cl)ccc1COC(=O)N1CCN(CCC(=O)c2ccc3[nH]c(=O)oc3c2)CC1. The number of aryl methyl sites for hydroxylation is 1. The Balaban J connectivity index is 1.22. The van der Waals surface area contributed by atoms with Crippen LogP contribution in [-0.4, -0.2) is 59.4 Å². The van der Waals surface area contributed by atoms with Gasteiger partial charge >= 0.3 is 11.8 Å². The van der Waals surface area contributed by atoms with Crippen molar-refractivity contribution in [1.29, 1.82) is 0 Å². The van der Waals surface area contributed by atoms with E-state index in [0.29, 0.717) is 60.8 Å². The molecule has 9 heteroatoms. The number of aromatic amines is 1. The first-order valence-corrected chi connectivity index (χ1v) is 10.8. The monoisotopic (exact) mass is 457 g/mol. The summed E-state index contributed by atoms with van der Waals surface area (Å²) in [4.78, 5) is 42.6. The van der Waals surface area contributed by atoms with Crippen LogP contribution in [0.5, 0.6) is 0 Å². The van der Waals surface area contributed by atoms with Crippen LogP contribution in [0.2, 0.25) is 5.02 Å². The number of oxazole rings is 1. The van der Waals surface area contributed by atoms with Crippen LogP contribution < -0.4 is 5.76 Å². The Bertz CT molecular complexity index is 1190. The zero-order valence-corrected chi connectivity index (χ0v) is 18.5. The molecule has 0 radical (unpaired) electrons. The predicted octanol–water partition coefficient (Wildman–Crippen LogP) is 3.61. The zero-order chi connectivity index (χ0) is 22.7. The summed E-state index contributed by atoms with van der Waals surface area (Å²) in [6.45, 7) is 5.19. The first kappa shape index (κ1) is 22.1. The molecule has 3 aromatic rings. The minimum absolute atomic E-state index is 0.0177. The van der Waals surface area contributed by atoms with Crippen LogP contribution in [0, 0.1) is 6.92 Å². The minimum atomic E-state index is -0.538. The summed E-state index contributed by atoms with van der Waals surface area (Å²) >= 11 is 5.96. The van der Waals surface area contributed by atoms with Gasteiger partial charge in [0.15, 0.2) is 11.4 Å². The molecule has 1 fully saturated rings. The van der Waals surface area contributed by atoms with Gasteiger partial charge in [-0.2, -0.15) is 0 Å². The summed E-state index contributed by atoms with van der Waals surface area (Å²) in [7, 11) is 0. The van der Waals surface area contributed by atoms with E-state index < -0.39 is 5.76 Å². The van der Waals surface area contributed by atoms with Crippen LogP contribution in [0.25, 0.3) is 11.1 Å². The van der Waals surface area contributed by atoms with E-state index in [4.69, 9.17) is 20.8 Å². The number of nitrogens with zero attached hydrogens (tertiary/aromatic N) is 2. The molecule has 2 heterocycles. The summed E-state index contributed by atoms with van der Waals surface area (Å²) in [6.07, 6.45) is 0.0110. The van der Waals surface area contributed by atoms with Crippen molar-refractivity contribution in [3.63, 3.8) is 0 Å². The van der Waals surface area contributed by atoms with Crippen LogP contribution >= 0.6 is 11.6 Å². The Hall–Kier alpha value is -3.10. The third-order valence-corrected chi connectivity index (χ3v) is 5.92. The molecule has 1 aliphatic heterocycles. The number of nitrogens with one attached hydrogen (secondary N) is 1. The third-order valence-electron chi connectivity index (χ3n) is 5.68. The van der Waals surface area contributed by atoms with E-state index in [9.17, 15) is 14.4 Å². The Morgan fingerprint density at radius 2 is 1.91 bits per heavy atom. The molecule has 32 heavy (non-hydrogen) atoms. The Labute approximate surface area is 189 Å². The maximum absolute atomic E-state index is 12.5. The number of amides is 1. The van der Waals surface area contributed by atoms with E-state index in [0.717, 1.165) is 11.1 Å². The van der Waals surface area contributed by atoms with Gasteiger partial charge in [0.05, 0.1) is 5.52 Å². The van der Waals surface area contributed by atoms with Gasteiger partial charge in [-0.15, -0.1) is 0 Å². The lowest BCUT2D eigenvalue weighted by atomic mass is 10.1. The molecule has 4 rings (SSSR count). The van der Waals surface area contributed by atoms with Crippen LogP contribution in [0.3, 0.4) is 0 Å². The fourth-order valence-corrected chi connectivity index (χ4v) is 3.96. The summed E-state index contributed by atoms with van der Waals surface area (Å²) in [5.74, 6) is -0.555. The topological polar surface area (TPSA) is 95.9 Å². The van der Waals surface area contributed by atoms with Crippen molar-refractivity contribution in [3.05, 3.63) is 68.7 Å². The molecule has 0 unspecified atom stereocenters. The lowest BCUT2D eigenvalue weighted by Crippen LogP contribution is -2.49. The van der Waals surface area contributed by atoms with Crippen molar-refractivity contribution in [3.8, 4) is 0 Å². The number of rotatable bonds is 6. The highest BCUT2D eigenvalue weighted by atomic mass is 35.5. The van der Waals surface area contributed by atoms with E-state index in [2.05, 4.69) is 9.88 Å². The maximum Gasteiger partial charge on any atom is 0.417 e. The average molecular weight is 458 g/mol. The smallest absolute Gasteiger partial charge is 0.417 e. The summed E-state index contributed by atoms with van der Waals surface area (Å²) in [5.41, 5.74) is 3.37. The number of H-pyrrole nitrogens is 1. The number of benzene rings is 2. The molecule has 0 atom stereocenters. The van der Waals surface area contributed by atoms with E-state index in [1.54, 1.807) is 29.2 Å². The highest BCUT2D eigenvalue weighted by Gasteiger charge is 2.23. The number of ether oxygens (including phenoxy) is 1. The highest BCUT2D eigenvalue weighted by molar-refractivity contribution is 6.30. The molecule has 1 aliphatic rings. The molecular weight excluding hydrogens is 434 g/mol. The first-order chi connectivity index (χ1) is 15.4. The number of ketones is 1. The molecule has 0 bridgehead atoms. The molecule has 1 aromatic heterocycles. The molecule has 2 aromatic carbocycles. The quantitative estimate of drug-likeness (QED) is 0.568. The zero-order valence-electron chi connectivity index (χ0n) is 17.7. The lowest BCUT2D eigenvalue weighted by molar-refractivity contribution is 0.0696. The predicted molar refractivity (Wildman–Crippen MR) is 120 cm³/mol. The van der Waals surface area contributed by atoms with E-state index in [1.165, 1.54) is 0 Å². The molecule has 0 saturated carbocycles. The molecule has 0 spiro atoms. The second-order valence-corrected chi connectivity index (χ2v) is 8.29. The van der Waals surface area contributed by atoms with Crippen molar-refractivity contribution in [2.75, 3.05) is 32.7 Å². The average Bonchev–Trinajstić information content (AvgIpc) is 3.16. The first-order valence-electron chi connectivity index (χ1n) is 10.4.